The number of hydrogen-bond donors (Lipinski definition) is 1. The lowest BCUT2D eigenvalue weighted by molar-refractivity contribution is -0.131. The third-order valence-corrected chi connectivity index (χ3v) is 4.99. The molecule has 0 spiro atoms. The second kappa shape index (κ2) is 8.86. The number of likely N-dealkylation sites (tertiary alicyclic amines) is 1. The van der Waals surface area contributed by atoms with Crippen LogP contribution in [0.4, 0.5) is 0 Å². The second-order valence-electron chi connectivity index (χ2n) is 6.59. The smallest absolute Gasteiger partial charge is 0.251 e. The van der Waals surface area contributed by atoms with Crippen LogP contribution in [0.25, 0.3) is 0 Å². The van der Waals surface area contributed by atoms with Crippen LogP contribution in [0.5, 0.6) is 0 Å². The molecule has 26 heavy (non-hydrogen) atoms. The van der Waals surface area contributed by atoms with Gasteiger partial charge in [-0.3, -0.25) is 9.59 Å². The fourth-order valence-electron chi connectivity index (χ4n) is 3.39. The minimum atomic E-state index is -0.184. The van der Waals surface area contributed by atoms with Crippen LogP contribution in [0.3, 0.4) is 0 Å². The van der Waals surface area contributed by atoms with Gasteiger partial charge in [0.2, 0.25) is 5.91 Å². The Morgan fingerprint density at radius 1 is 1.08 bits per heavy atom. The number of benzene rings is 2. The summed E-state index contributed by atoms with van der Waals surface area (Å²) in [5.41, 5.74) is 1.80. The van der Waals surface area contributed by atoms with Gasteiger partial charge in [0.25, 0.3) is 5.91 Å². The molecule has 1 atom stereocenters. The Morgan fingerprint density at radius 2 is 1.81 bits per heavy atom. The van der Waals surface area contributed by atoms with Crippen LogP contribution >= 0.6 is 11.6 Å². The highest BCUT2D eigenvalue weighted by Crippen LogP contribution is 2.22. The Labute approximate surface area is 159 Å². The van der Waals surface area contributed by atoms with Gasteiger partial charge in [-0.25, -0.2) is 0 Å². The average molecular weight is 371 g/mol. The van der Waals surface area contributed by atoms with Gasteiger partial charge in [0.1, 0.15) is 0 Å². The Hall–Kier alpha value is -2.33. The molecule has 0 unspecified atom stereocenters. The number of rotatable bonds is 6. The van der Waals surface area contributed by atoms with Gasteiger partial charge in [0, 0.05) is 36.1 Å². The quantitative estimate of drug-likeness (QED) is 0.843. The van der Waals surface area contributed by atoms with Crippen LogP contribution in [0.2, 0.25) is 5.02 Å². The Bertz CT molecular complexity index is 746. The third-order valence-electron chi connectivity index (χ3n) is 4.74. The van der Waals surface area contributed by atoms with Gasteiger partial charge >= 0.3 is 0 Å². The zero-order valence-corrected chi connectivity index (χ0v) is 15.4. The van der Waals surface area contributed by atoms with Gasteiger partial charge in [-0.2, -0.15) is 0 Å². The minimum absolute atomic E-state index is 0.111. The summed E-state index contributed by atoms with van der Waals surface area (Å²) in [5.74, 6) is -0.0726. The molecule has 2 aromatic carbocycles. The van der Waals surface area contributed by atoms with E-state index in [4.69, 9.17) is 11.6 Å². The summed E-state index contributed by atoms with van der Waals surface area (Å²) in [7, 11) is 0. The van der Waals surface area contributed by atoms with E-state index in [1.807, 2.05) is 23.1 Å². The molecule has 0 saturated carbocycles. The highest BCUT2D eigenvalue weighted by molar-refractivity contribution is 6.30. The summed E-state index contributed by atoms with van der Waals surface area (Å²) >= 11 is 5.82. The Morgan fingerprint density at radius 3 is 2.54 bits per heavy atom. The van der Waals surface area contributed by atoms with E-state index in [9.17, 15) is 9.59 Å². The molecule has 1 aliphatic rings. The van der Waals surface area contributed by atoms with Crippen molar-refractivity contribution < 1.29 is 9.59 Å². The Balaban J connectivity index is 1.48. The molecule has 5 heteroatoms. The van der Waals surface area contributed by atoms with E-state index in [-0.39, 0.29) is 17.9 Å². The summed E-state index contributed by atoms with van der Waals surface area (Å²) in [5, 5.41) is 3.40. The van der Waals surface area contributed by atoms with Crippen molar-refractivity contribution in [2.45, 2.75) is 31.7 Å². The van der Waals surface area contributed by atoms with Gasteiger partial charge in [-0.05, 0) is 49.1 Å². The van der Waals surface area contributed by atoms with Crippen LogP contribution in [0.1, 0.15) is 35.2 Å². The monoisotopic (exact) mass is 370 g/mol. The summed E-state index contributed by atoms with van der Waals surface area (Å²) in [4.78, 5) is 26.6. The van der Waals surface area contributed by atoms with Crippen molar-refractivity contribution in [1.29, 1.82) is 0 Å². The highest BCUT2D eigenvalue weighted by Gasteiger charge is 2.28. The SMILES string of the molecule is O=C(NCCC(=O)N1CCC[C@H]1Cc1ccccc1)c1ccc(Cl)cc1. The number of nitrogens with zero attached hydrogens (tertiary/aromatic N) is 1. The lowest BCUT2D eigenvalue weighted by Gasteiger charge is -2.25. The molecule has 1 aliphatic heterocycles. The van der Waals surface area contributed by atoms with Crippen molar-refractivity contribution >= 4 is 23.4 Å². The Kier molecular flexibility index (Phi) is 6.29. The van der Waals surface area contributed by atoms with E-state index < -0.39 is 0 Å². The number of halogens is 1. The molecule has 1 heterocycles. The van der Waals surface area contributed by atoms with Gasteiger partial charge in [-0.1, -0.05) is 41.9 Å². The van der Waals surface area contributed by atoms with Gasteiger partial charge in [0.15, 0.2) is 0 Å². The summed E-state index contributed by atoms with van der Waals surface area (Å²) < 4.78 is 0. The third kappa shape index (κ3) is 4.85. The maximum absolute atomic E-state index is 12.6. The van der Waals surface area contributed by atoms with Crippen LogP contribution < -0.4 is 5.32 Å². The van der Waals surface area contributed by atoms with Crippen LogP contribution in [0.15, 0.2) is 54.6 Å². The molecule has 2 amide bonds. The van der Waals surface area contributed by atoms with E-state index in [0.717, 1.165) is 25.8 Å². The molecule has 1 N–H and O–H groups in total. The van der Waals surface area contributed by atoms with Crippen molar-refractivity contribution in [3.8, 4) is 0 Å². The van der Waals surface area contributed by atoms with E-state index >= 15 is 0 Å². The maximum Gasteiger partial charge on any atom is 0.251 e. The van der Waals surface area contributed by atoms with Gasteiger partial charge in [-0.15, -0.1) is 0 Å². The zero-order chi connectivity index (χ0) is 18.4. The molecule has 4 nitrogen and oxygen atoms in total. The molecule has 3 rings (SSSR count). The van der Waals surface area contributed by atoms with E-state index in [2.05, 4.69) is 17.4 Å². The standard InChI is InChI=1S/C21H23ClN2O2/c22-18-10-8-17(9-11-18)21(26)23-13-12-20(25)24-14-4-7-19(24)15-16-5-2-1-3-6-16/h1-3,5-6,8-11,19H,4,7,12-15H2,(H,23,26)/t19-/m0/s1. The first kappa shape index (κ1) is 18.5. The normalized spacial score (nSPS) is 16.5. The van der Waals surface area contributed by atoms with Crippen LogP contribution in [-0.4, -0.2) is 35.8 Å². The van der Waals surface area contributed by atoms with Gasteiger partial charge < -0.3 is 10.2 Å². The summed E-state index contributed by atoms with van der Waals surface area (Å²) in [6, 6.07) is 17.2. The van der Waals surface area contributed by atoms with Crippen molar-refractivity contribution in [2.75, 3.05) is 13.1 Å². The molecule has 0 bridgehead atoms. The first-order valence-electron chi connectivity index (χ1n) is 9.00. The molecule has 2 aromatic rings. The lowest BCUT2D eigenvalue weighted by Crippen LogP contribution is -2.38. The van der Waals surface area contributed by atoms with Crippen molar-refractivity contribution in [3.05, 3.63) is 70.7 Å². The maximum atomic E-state index is 12.6. The van der Waals surface area contributed by atoms with Crippen molar-refractivity contribution in [2.24, 2.45) is 0 Å². The molecule has 0 radical (unpaired) electrons. The predicted molar refractivity (Wildman–Crippen MR) is 103 cm³/mol. The summed E-state index contributed by atoms with van der Waals surface area (Å²) in [6.45, 7) is 1.15. The molecule has 0 aromatic heterocycles. The number of nitrogens with one attached hydrogen (secondary N) is 1. The summed E-state index contributed by atoms with van der Waals surface area (Å²) in [6.07, 6.45) is 3.30. The lowest BCUT2D eigenvalue weighted by atomic mass is 10.0. The van der Waals surface area contributed by atoms with Crippen LogP contribution in [-0.2, 0) is 11.2 Å². The van der Waals surface area contributed by atoms with Crippen LogP contribution in [0, 0.1) is 0 Å². The largest absolute Gasteiger partial charge is 0.352 e. The minimum Gasteiger partial charge on any atom is -0.352 e. The predicted octanol–water partition coefficient (Wildman–Crippen LogP) is 3.69. The zero-order valence-electron chi connectivity index (χ0n) is 14.7. The topological polar surface area (TPSA) is 49.4 Å². The second-order valence-corrected chi connectivity index (χ2v) is 7.02. The highest BCUT2D eigenvalue weighted by atomic mass is 35.5. The molecule has 1 saturated heterocycles. The number of carbonyl (C=O) groups is 2. The molecule has 136 valence electrons. The van der Waals surface area contributed by atoms with E-state index in [1.165, 1.54) is 5.56 Å². The number of amides is 2. The number of carbonyl (C=O) groups excluding carboxylic acids is 2. The van der Waals surface area contributed by atoms with E-state index in [0.29, 0.717) is 23.6 Å². The molecular formula is C21H23ClN2O2. The van der Waals surface area contributed by atoms with Crippen molar-refractivity contribution in [3.63, 3.8) is 0 Å². The fourth-order valence-corrected chi connectivity index (χ4v) is 3.52. The number of hydrogen-bond acceptors (Lipinski definition) is 2. The average Bonchev–Trinajstić information content (AvgIpc) is 3.11. The van der Waals surface area contributed by atoms with E-state index in [1.54, 1.807) is 24.3 Å². The molecule has 1 fully saturated rings. The first-order valence-corrected chi connectivity index (χ1v) is 9.38. The molecule has 0 aliphatic carbocycles. The van der Waals surface area contributed by atoms with Gasteiger partial charge in [0.05, 0.1) is 0 Å². The van der Waals surface area contributed by atoms with Crippen molar-refractivity contribution in [1.82, 2.24) is 10.2 Å². The fraction of sp³-hybridized carbons (Fsp3) is 0.333. The molecular weight excluding hydrogens is 348 g/mol. The first-order chi connectivity index (χ1) is 12.6.